The number of para-hydroxylation sites is 1. The molecule has 0 heterocycles. The number of sulfonamides is 1. The molecule has 0 atom stereocenters. The Labute approximate surface area is 157 Å². The number of carbonyl (C=O) groups excluding carboxylic acids is 1. The number of hydrogen-bond acceptors (Lipinski definition) is 5. The number of benzene rings is 2. The molecule has 0 aliphatic carbocycles. The van der Waals surface area contributed by atoms with Gasteiger partial charge < -0.3 is 14.8 Å². The molecule has 2 aromatic rings. The van der Waals surface area contributed by atoms with E-state index in [-0.39, 0.29) is 0 Å². The van der Waals surface area contributed by atoms with Gasteiger partial charge in [0.25, 0.3) is 0 Å². The van der Waals surface area contributed by atoms with Crippen molar-refractivity contribution in [3.63, 3.8) is 0 Å². The van der Waals surface area contributed by atoms with Gasteiger partial charge in [0.15, 0.2) is 0 Å². The van der Waals surface area contributed by atoms with Crippen LogP contribution in [0.1, 0.15) is 0 Å². The van der Waals surface area contributed by atoms with Gasteiger partial charge in [-0.25, -0.2) is 8.42 Å². The van der Waals surface area contributed by atoms with E-state index in [0.29, 0.717) is 27.9 Å². The Kier molecular flexibility index (Phi) is 6.33. The molecule has 1 amide bonds. The first-order valence-electron chi connectivity index (χ1n) is 7.50. The van der Waals surface area contributed by atoms with Crippen molar-refractivity contribution in [2.75, 3.05) is 36.6 Å². The molecule has 0 bridgehead atoms. The molecule has 0 unspecified atom stereocenters. The minimum absolute atomic E-state index is 0.320. The number of anilines is 2. The van der Waals surface area contributed by atoms with Crippen LogP contribution in [0.3, 0.4) is 0 Å². The van der Waals surface area contributed by atoms with Crippen LogP contribution in [0.5, 0.6) is 11.5 Å². The topological polar surface area (TPSA) is 84.9 Å². The number of nitrogens with one attached hydrogen (secondary N) is 1. The Hall–Kier alpha value is -2.45. The summed E-state index contributed by atoms with van der Waals surface area (Å²) in [5, 5.41) is 2.95. The van der Waals surface area contributed by atoms with Gasteiger partial charge >= 0.3 is 0 Å². The highest BCUT2D eigenvalue weighted by molar-refractivity contribution is 7.92. The number of nitrogens with zero attached hydrogens (tertiary/aromatic N) is 1. The summed E-state index contributed by atoms with van der Waals surface area (Å²) in [7, 11) is -0.769. The molecule has 0 fully saturated rings. The second-order valence-electron chi connectivity index (χ2n) is 5.34. The smallest absolute Gasteiger partial charge is 0.245 e. The Bertz CT molecular complexity index is 888. The molecule has 0 spiro atoms. The van der Waals surface area contributed by atoms with Crippen LogP contribution >= 0.6 is 11.6 Å². The van der Waals surface area contributed by atoms with E-state index in [1.54, 1.807) is 30.3 Å². The summed E-state index contributed by atoms with van der Waals surface area (Å²) >= 11 is 6.04. The fraction of sp³-hybridized carbons (Fsp3) is 0.235. The summed E-state index contributed by atoms with van der Waals surface area (Å²) in [6.45, 7) is -0.392. The number of ether oxygens (including phenoxy) is 2. The summed E-state index contributed by atoms with van der Waals surface area (Å²) in [6, 6.07) is 11.4. The zero-order chi connectivity index (χ0) is 19.3. The molecular weight excluding hydrogens is 380 g/mol. The van der Waals surface area contributed by atoms with Crippen molar-refractivity contribution >= 4 is 38.9 Å². The van der Waals surface area contributed by atoms with E-state index in [1.165, 1.54) is 26.4 Å². The summed E-state index contributed by atoms with van der Waals surface area (Å²) < 4.78 is 35.5. The highest BCUT2D eigenvalue weighted by atomic mass is 35.5. The predicted molar refractivity (Wildman–Crippen MR) is 102 cm³/mol. The van der Waals surface area contributed by atoms with Crippen LogP contribution in [-0.4, -0.2) is 41.3 Å². The molecule has 0 aliphatic heterocycles. The number of hydrogen-bond donors (Lipinski definition) is 1. The quantitative estimate of drug-likeness (QED) is 0.775. The third-order valence-electron chi connectivity index (χ3n) is 3.48. The molecular formula is C17H19ClN2O5S. The SMILES string of the molecule is COc1cc(NC(=O)CN(c2ccccc2)S(C)(=O)=O)c(OC)cc1Cl. The zero-order valence-electron chi connectivity index (χ0n) is 14.5. The van der Waals surface area contributed by atoms with Gasteiger partial charge in [-0.1, -0.05) is 29.8 Å². The van der Waals surface area contributed by atoms with Crippen LogP contribution in [0.4, 0.5) is 11.4 Å². The maximum Gasteiger partial charge on any atom is 0.245 e. The van der Waals surface area contributed by atoms with E-state index >= 15 is 0 Å². The Morgan fingerprint density at radius 1 is 1.12 bits per heavy atom. The van der Waals surface area contributed by atoms with Crippen LogP contribution in [0, 0.1) is 0 Å². The molecule has 140 valence electrons. The lowest BCUT2D eigenvalue weighted by molar-refractivity contribution is -0.114. The minimum atomic E-state index is -3.65. The first-order valence-corrected chi connectivity index (χ1v) is 9.73. The van der Waals surface area contributed by atoms with Gasteiger partial charge in [0, 0.05) is 12.1 Å². The second-order valence-corrected chi connectivity index (χ2v) is 7.65. The molecule has 0 radical (unpaired) electrons. The van der Waals surface area contributed by atoms with Crippen molar-refractivity contribution in [1.82, 2.24) is 0 Å². The molecule has 0 saturated heterocycles. The lowest BCUT2D eigenvalue weighted by Crippen LogP contribution is -2.37. The van der Waals surface area contributed by atoms with Gasteiger partial charge in [-0.15, -0.1) is 0 Å². The van der Waals surface area contributed by atoms with Crippen molar-refractivity contribution in [2.45, 2.75) is 0 Å². The average Bonchev–Trinajstić information content (AvgIpc) is 2.60. The Morgan fingerprint density at radius 3 is 2.27 bits per heavy atom. The van der Waals surface area contributed by atoms with Gasteiger partial charge in [-0.3, -0.25) is 9.10 Å². The van der Waals surface area contributed by atoms with Crippen molar-refractivity contribution in [1.29, 1.82) is 0 Å². The van der Waals surface area contributed by atoms with Crippen LogP contribution in [0.25, 0.3) is 0 Å². The number of amides is 1. The van der Waals surface area contributed by atoms with E-state index < -0.39 is 22.5 Å². The zero-order valence-corrected chi connectivity index (χ0v) is 16.1. The summed E-state index contributed by atoms with van der Waals surface area (Å²) in [5.74, 6) is 0.141. The molecule has 0 saturated carbocycles. The molecule has 7 nitrogen and oxygen atoms in total. The lowest BCUT2D eigenvalue weighted by atomic mass is 10.2. The van der Waals surface area contributed by atoms with Crippen molar-refractivity contribution in [2.24, 2.45) is 0 Å². The summed E-state index contributed by atoms with van der Waals surface area (Å²) in [6.07, 6.45) is 1.04. The maximum atomic E-state index is 12.4. The third-order valence-corrected chi connectivity index (χ3v) is 4.92. The monoisotopic (exact) mass is 398 g/mol. The van der Waals surface area contributed by atoms with Gasteiger partial charge in [0.2, 0.25) is 15.9 Å². The lowest BCUT2D eigenvalue weighted by Gasteiger charge is -2.22. The molecule has 2 rings (SSSR count). The highest BCUT2D eigenvalue weighted by Gasteiger charge is 2.21. The van der Waals surface area contributed by atoms with Crippen LogP contribution in [0.2, 0.25) is 5.02 Å². The van der Waals surface area contributed by atoms with Crippen molar-refractivity contribution in [3.8, 4) is 11.5 Å². The minimum Gasteiger partial charge on any atom is -0.495 e. The van der Waals surface area contributed by atoms with Crippen LogP contribution in [0.15, 0.2) is 42.5 Å². The number of rotatable bonds is 7. The fourth-order valence-corrected chi connectivity index (χ4v) is 3.36. The predicted octanol–water partition coefficient (Wildman–Crippen LogP) is 2.76. The average molecular weight is 399 g/mol. The molecule has 0 aliphatic rings. The highest BCUT2D eigenvalue weighted by Crippen LogP contribution is 2.35. The number of methoxy groups -OCH3 is 2. The van der Waals surface area contributed by atoms with E-state index in [9.17, 15) is 13.2 Å². The first-order chi connectivity index (χ1) is 12.3. The van der Waals surface area contributed by atoms with Crippen molar-refractivity contribution < 1.29 is 22.7 Å². The fourth-order valence-electron chi connectivity index (χ4n) is 2.27. The third kappa shape index (κ3) is 4.80. The van der Waals surface area contributed by atoms with Gasteiger partial charge in [-0.05, 0) is 12.1 Å². The second kappa shape index (κ2) is 8.29. The van der Waals surface area contributed by atoms with Crippen LogP contribution in [-0.2, 0) is 14.8 Å². The van der Waals surface area contributed by atoms with E-state index in [0.717, 1.165) is 10.6 Å². The first kappa shape index (κ1) is 19.9. The van der Waals surface area contributed by atoms with E-state index in [2.05, 4.69) is 5.32 Å². The van der Waals surface area contributed by atoms with Gasteiger partial charge in [0.05, 0.1) is 36.9 Å². The molecule has 26 heavy (non-hydrogen) atoms. The molecule has 2 aromatic carbocycles. The molecule has 0 aromatic heterocycles. The van der Waals surface area contributed by atoms with Crippen molar-refractivity contribution in [3.05, 3.63) is 47.5 Å². The number of carbonyl (C=O) groups is 1. The van der Waals surface area contributed by atoms with Crippen LogP contribution < -0.4 is 19.1 Å². The Balaban J connectivity index is 2.27. The normalized spacial score (nSPS) is 10.9. The summed E-state index contributed by atoms with van der Waals surface area (Å²) in [4.78, 5) is 12.4. The number of halogens is 1. The van der Waals surface area contributed by atoms with Gasteiger partial charge in [0.1, 0.15) is 18.0 Å². The Morgan fingerprint density at radius 2 is 1.73 bits per heavy atom. The maximum absolute atomic E-state index is 12.4. The summed E-state index contributed by atoms with van der Waals surface area (Å²) in [5.41, 5.74) is 0.714. The van der Waals surface area contributed by atoms with E-state index in [4.69, 9.17) is 21.1 Å². The molecule has 9 heteroatoms. The van der Waals surface area contributed by atoms with E-state index in [1.807, 2.05) is 0 Å². The van der Waals surface area contributed by atoms with Gasteiger partial charge in [-0.2, -0.15) is 0 Å². The standard InChI is InChI=1S/C17H19ClN2O5S/c1-24-15-10-14(16(25-2)9-13(15)18)19-17(21)11-20(26(3,22)23)12-7-5-4-6-8-12/h4-10H,11H2,1-3H3,(H,19,21). The molecule has 1 N–H and O–H groups in total. The largest absolute Gasteiger partial charge is 0.495 e.